The van der Waals surface area contributed by atoms with Gasteiger partial charge in [-0.05, 0) is 55.9 Å². The summed E-state index contributed by atoms with van der Waals surface area (Å²) in [4.78, 5) is 14.4. The van der Waals surface area contributed by atoms with Crippen molar-refractivity contribution in [1.29, 1.82) is 0 Å². The Labute approximate surface area is 133 Å². The first-order valence-electron chi connectivity index (χ1n) is 8.23. The Morgan fingerprint density at radius 3 is 2.36 bits per heavy atom. The molecule has 0 bridgehead atoms. The van der Waals surface area contributed by atoms with Crippen molar-refractivity contribution in [2.24, 2.45) is 5.92 Å². The van der Waals surface area contributed by atoms with E-state index in [4.69, 9.17) is 0 Å². The van der Waals surface area contributed by atoms with Gasteiger partial charge in [-0.3, -0.25) is 4.79 Å². The second-order valence-electron chi connectivity index (χ2n) is 6.78. The molecule has 1 aliphatic rings. The van der Waals surface area contributed by atoms with E-state index in [1.165, 1.54) is 0 Å². The van der Waals surface area contributed by atoms with E-state index in [0.717, 1.165) is 18.5 Å². The summed E-state index contributed by atoms with van der Waals surface area (Å²) in [6, 6.07) is 7.54. The van der Waals surface area contributed by atoms with Gasteiger partial charge in [0, 0.05) is 31.4 Å². The molecule has 1 amide bonds. The molecule has 0 radical (unpaired) electrons. The molecule has 0 aliphatic carbocycles. The highest BCUT2D eigenvalue weighted by molar-refractivity contribution is 5.94. The van der Waals surface area contributed by atoms with Crippen LogP contribution in [0.3, 0.4) is 0 Å². The molecule has 0 spiro atoms. The molecule has 1 aromatic rings. The van der Waals surface area contributed by atoms with Crippen molar-refractivity contribution < 1.29 is 9.90 Å². The first-order chi connectivity index (χ1) is 10.4. The van der Waals surface area contributed by atoms with E-state index in [2.05, 4.69) is 19.2 Å². The molecule has 122 valence electrons. The molecule has 0 unspecified atom stereocenters. The molecule has 1 aromatic carbocycles. The van der Waals surface area contributed by atoms with Gasteiger partial charge in [-0.2, -0.15) is 0 Å². The summed E-state index contributed by atoms with van der Waals surface area (Å²) in [5, 5.41) is 13.7. The zero-order chi connectivity index (χ0) is 16.2. The summed E-state index contributed by atoms with van der Waals surface area (Å²) >= 11 is 0. The maximum Gasteiger partial charge on any atom is 0.253 e. The van der Waals surface area contributed by atoms with Gasteiger partial charge < -0.3 is 15.3 Å². The molecule has 1 saturated heterocycles. The Balaban J connectivity index is 1.91. The fraction of sp³-hybridized carbons (Fsp3) is 0.611. The van der Waals surface area contributed by atoms with Gasteiger partial charge in [0.2, 0.25) is 0 Å². The zero-order valence-corrected chi connectivity index (χ0v) is 13.9. The topological polar surface area (TPSA) is 52.6 Å². The number of carbonyl (C=O) groups excluding carboxylic acids is 1. The molecular formula is C18H28N2O2. The van der Waals surface area contributed by atoms with Gasteiger partial charge in [-0.15, -0.1) is 0 Å². The maximum absolute atomic E-state index is 12.5. The maximum atomic E-state index is 12.5. The van der Waals surface area contributed by atoms with E-state index in [1.54, 1.807) is 0 Å². The third-order valence-corrected chi connectivity index (χ3v) is 4.59. The lowest BCUT2D eigenvalue weighted by Gasteiger charge is -2.38. The molecule has 22 heavy (non-hydrogen) atoms. The summed E-state index contributed by atoms with van der Waals surface area (Å²) in [6.45, 7) is 5.64. The fourth-order valence-corrected chi connectivity index (χ4v) is 2.90. The molecule has 4 nitrogen and oxygen atoms in total. The number of nitrogens with one attached hydrogen (secondary N) is 1. The van der Waals surface area contributed by atoms with Crippen LogP contribution in [-0.4, -0.2) is 41.7 Å². The second kappa shape index (κ2) is 7.14. The number of amides is 1. The first kappa shape index (κ1) is 16.8. The Kier molecular flexibility index (Phi) is 5.46. The number of nitrogens with zero attached hydrogens (tertiary/aromatic N) is 1. The van der Waals surface area contributed by atoms with Gasteiger partial charge in [-0.25, -0.2) is 0 Å². The predicted molar refractivity (Wildman–Crippen MR) is 90.1 cm³/mol. The Bertz CT molecular complexity index is 488. The molecule has 0 aromatic heterocycles. The Morgan fingerprint density at radius 2 is 1.86 bits per heavy atom. The van der Waals surface area contributed by atoms with Gasteiger partial charge in [-0.1, -0.05) is 13.8 Å². The van der Waals surface area contributed by atoms with E-state index in [0.29, 0.717) is 37.4 Å². The highest BCUT2D eigenvalue weighted by atomic mass is 16.3. The summed E-state index contributed by atoms with van der Waals surface area (Å²) in [7, 11) is 1.86. The van der Waals surface area contributed by atoms with Crippen LogP contribution in [0.4, 0.5) is 5.69 Å². The number of benzene rings is 1. The number of anilines is 1. The summed E-state index contributed by atoms with van der Waals surface area (Å²) in [6.07, 6.45) is 3.24. The van der Waals surface area contributed by atoms with E-state index in [-0.39, 0.29) is 5.91 Å². The van der Waals surface area contributed by atoms with Crippen LogP contribution in [0.5, 0.6) is 0 Å². The van der Waals surface area contributed by atoms with Crippen molar-refractivity contribution in [3.63, 3.8) is 0 Å². The van der Waals surface area contributed by atoms with Gasteiger partial charge in [0.05, 0.1) is 5.60 Å². The number of hydrogen-bond acceptors (Lipinski definition) is 3. The lowest BCUT2D eigenvalue weighted by atomic mass is 9.85. The molecule has 1 aliphatic heterocycles. The number of aliphatic hydroxyl groups is 1. The third-order valence-electron chi connectivity index (χ3n) is 4.59. The van der Waals surface area contributed by atoms with Crippen LogP contribution >= 0.6 is 0 Å². The molecule has 0 saturated carbocycles. The van der Waals surface area contributed by atoms with Crippen molar-refractivity contribution >= 4 is 11.6 Å². The monoisotopic (exact) mass is 304 g/mol. The average Bonchev–Trinajstić information content (AvgIpc) is 2.53. The second-order valence-corrected chi connectivity index (χ2v) is 6.78. The number of carbonyl (C=O) groups is 1. The average molecular weight is 304 g/mol. The normalized spacial score (nSPS) is 17.6. The molecule has 2 N–H and O–H groups in total. The fourth-order valence-electron chi connectivity index (χ4n) is 2.90. The lowest BCUT2D eigenvalue weighted by molar-refractivity contribution is -0.0262. The van der Waals surface area contributed by atoms with Crippen LogP contribution in [0.2, 0.25) is 0 Å². The van der Waals surface area contributed by atoms with Crippen molar-refractivity contribution in [3.05, 3.63) is 29.8 Å². The predicted octanol–water partition coefficient (Wildman–Crippen LogP) is 3.13. The molecular weight excluding hydrogens is 276 g/mol. The lowest BCUT2D eigenvalue weighted by Crippen LogP contribution is -2.46. The van der Waals surface area contributed by atoms with Crippen molar-refractivity contribution in [2.45, 2.75) is 45.1 Å². The van der Waals surface area contributed by atoms with Crippen LogP contribution in [0.25, 0.3) is 0 Å². The van der Waals surface area contributed by atoms with Gasteiger partial charge in [0.1, 0.15) is 0 Å². The smallest absolute Gasteiger partial charge is 0.253 e. The Hall–Kier alpha value is -1.55. The number of piperidine rings is 1. The number of hydrogen-bond donors (Lipinski definition) is 2. The minimum absolute atomic E-state index is 0.0635. The van der Waals surface area contributed by atoms with Crippen molar-refractivity contribution in [1.82, 2.24) is 4.90 Å². The molecule has 2 rings (SSSR count). The quantitative estimate of drug-likeness (QED) is 0.878. The summed E-state index contributed by atoms with van der Waals surface area (Å²) in [5.41, 5.74) is 1.13. The van der Waals surface area contributed by atoms with Crippen molar-refractivity contribution in [2.75, 3.05) is 25.5 Å². The number of likely N-dealkylation sites (tertiary alicyclic amines) is 1. The number of rotatable bonds is 5. The zero-order valence-electron chi connectivity index (χ0n) is 13.9. The first-order valence-corrected chi connectivity index (χ1v) is 8.23. The molecule has 1 heterocycles. The minimum atomic E-state index is -0.586. The summed E-state index contributed by atoms with van der Waals surface area (Å²) < 4.78 is 0. The highest BCUT2D eigenvalue weighted by Gasteiger charge is 2.33. The molecule has 4 heteroatoms. The van der Waals surface area contributed by atoms with E-state index >= 15 is 0 Å². The van der Waals surface area contributed by atoms with Gasteiger partial charge >= 0.3 is 0 Å². The Morgan fingerprint density at radius 1 is 1.27 bits per heavy atom. The van der Waals surface area contributed by atoms with Crippen LogP contribution in [0.15, 0.2) is 24.3 Å². The van der Waals surface area contributed by atoms with Crippen LogP contribution < -0.4 is 5.32 Å². The van der Waals surface area contributed by atoms with Crippen LogP contribution in [0, 0.1) is 5.92 Å². The molecule has 1 fully saturated rings. The minimum Gasteiger partial charge on any atom is -0.390 e. The van der Waals surface area contributed by atoms with Crippen LogP contribution in [0.1, 0.15) is 49.9 Å². The third kappa shape index (κ3) is 4.23. The largest absolute Gasteiger partial charge is 0.390 e. The van der Waals surface area contributed by atoms with E-state index in [9.17, 15) is 9.90 Å². The molecule has 0 atom stereocenters. The summed E-state index contributed by atoms with van der Waals surface area (Å²) in [5.74, 6) is 0.669. The SMILES string of the molecule is CNc1ccc(C(=O)N2CCC(O)(CCC(C)C)CC2)cc1. The van der Waals surface area contributed by atoms with E-state index in [1.807, 2.05) is 36.2 Å². The standard InChI is InChI=1S/C18H28N2O2/c1-14(2)8-9-18(22)10-12-20(13-11-18)17(21)15-4-6-16(19-3)7-5-15/h4-7,14,19,22H,8-13H2,1-3H3. The van der Waals surface area contributed by atoms with Gasteiger partial charge in [0.15, 0.2) is 0 Å². The van der Waals surface area contributed by atoms with Gasteiger partial charge in [0.25, 0.3) is 5.91 Å². The van der Waals surface area contributed by atoms with E-state index < -0.39 is 5.60 Å². The van der Waals surface area contributed by atoms with Crippen LogP contribution in [-0.2, 0) is 0 Å². The highest BCUT2D eigenvalue weighted by Crippen LogP contribution is 2.29. The van der Waals surface area contributed by atoms with Crippen molar-refractivity contribution in [3.8, 4) is 0 Å².